The molecule has 0 unspecified atom stereocenters. The maximum absolute atomic E-state index is 12.3. The molecule has 1 aromatic carbocycles. The number of hydrogen-bond acceptors (Lipinski definition) is 2. The molecule has 2 rings (SSSR count). The molecule has 0 heterocycles. The van der Waals surface area contributed by atoms with Gasteiger partial charge in [0.05, 0.1) is 5.41 Å². The van der Waals surface area contributed by atoms with Crippen LogP contribution in [0.25, 0.3) is 0 Å². The van der Waals surface area contributed by atoms with Crippen molar-refractivity contribution in [1.29, 1.82) is 0 Å². The van der Waals surface area contributed by atoms with E-state index in [9.17, 15) is 4.79 Å². The molecule has 19 heavy (non-hydrogen) atoms. The van der Waals surface area contributed by atoms with Gasteiger partial charge in [0.2, 0.25) is 5.91 Å². The molecule has 1 saturated carbocycles. The predicted molar refractivity (Wildman–Crippen MR) is 77.7 cm³/mol. The van der Waals surface area contributed by atoms with E-state index in [-0.39, 0.29) is 11.3 Å². The molecule has 0 atom stereocenters. The lowest BCUT2D eigenvalue weighted by Crippen LogP contribution is -2.37. The smallest absolute Gasteiger partial charge is 0.230 e. The zero-order valence-electron chi connectivity index (χ0n) is 12.1. The maximum atomic E-state index is 12.3. The number of nitrogens with zero attached hydrogens (tertiary/aromatic N) is 1. The van der Waals surface area contributed by atoms with Crippen molar-refractivity contribution in [2.24, 2.45) is 11.1 Å². The Bertz CT molecular complexity index is 446. The number of rotatable bonds is 5. The fourth-order valence-electron chi connectivity index (χ4n) is 2.41. The van der Waals surface area contributed by atoms with Gasteiger partial charge in [0.1, 0.15) is 0 Å². The van der Waals surface area contributed by atoms with Gasteiger partial charge in [-0.05, 0) is 29.9 Å². The minimum atomic E-state index is -0.243. The second-order valence-electron chi connectivity index (χ2n) is 6.04. The first-order valence-electron chi connectivity index (χ1n) is 7.03. The van der Waals surface area contributed by atoms with Gasteiger partial charge in [0.25, 0.3) is 0 Å². The number of hydrogen-bond donors (Lipinski definition) is 1. The zero-order chi connectivity index (χ0) is 14.0. The van der Waals surface area contributed by atoms with Crippen LogP contribution in [-0.2, 0) is 11.3 Å². The van der Waals surface area contributed by atoms with Crippen LogP contribution in [0.1, 0.15) is 43.7 Å². The van der Waals surface area contributed by atoms with Crippen molar-refractivity contribution in [2.75, 3.05) is 13.6 Å². The Morgan fingerprint density at radius 3 is 2.32 bits per heavy atom. The second kappa shape index (κ2) is 5.33. The predicted octanol–water partition coefficient (Wildman–Crippen LogP) is 2.51. The number of carbonyl (C=O) groups excluding carboxylic acids is 1. The van der Waals surface area contributed by atoms with E-state index in [1.54, 1.807) is 0 Å². The van der Waals surface area contributed by atoms with Crippen molar-refractivity contribution < 1.29 is 4.79 Å². The second-order valence-corrected chi connectivity index (χ2v) is 6.04. The van der Waals surface area contributed by atoms with Gasteiger partial charge in [-0.1, -0.05) is 38.1 Å². The third-order valence-corrected chi connectivity index (χ3v) is 4.11. The van der Waals surface area contributed by atoms with E-state index in [0.29, 0.717) is 19.0 Å². The van der Waals surface area contributed by atoms with Crippen LogP contribution in [0.15, 0.2) is 24.3 Å². The first kappa shape index (κ1) is 14.1. The first-order valence-corrected chi connectivity index (χ1v) is 7.03. The Hall–Kier alpha value is -1.35. The molecule has 1 fully saturated rings. The summed E-state index contributed by atoms with van der Waals surface area (Å²) in [6.07, 6.45) is 1.89. The van der Waals surface area contributed by atoms with Gasteiger partial charge in [-0.3, -0.25) is 4.79 Å². The minimum Gasteiger partial charge on any atom is -0.341 e. The van der Waals surface area contributed by atoms with Gasteiger partial charge in [-0.25, -0.2) is 0 Å². The summed E-state index contributed by atoms with van der Waals surface area (Å²) in [5.41, 5.74) is 7.97. The summed E-state index contributed by atoms with van der Waals surface area (Å²) in [5, 5.41) is 0. The standard InChI is InChI=1S/C16H24N2O/c1-12(2)14-6-4-13(5-7-14)10-18(3)15(19)16(11-17)8-9-16/h4-7,12H,8-11,17H2,1-3H3. The van der Waals surface area contributed by atoms with Gasteiger partial charge in [0.15, 0.2) is 0 Å². The van der Waals surface area contributed by atoms with Crippen LogP contribution < -0.4 is 5.73 Å². The molecular weight excluding hydrogens is 236 g/mol. The highest BCUT2D eigenvalue weighted by atomic mass is 16.2. The molecule has 1 aromatic rings. The fraction of sp³-hybridized carbons (Fsp3) is 0.562. The Kier molecular flexibility index (Phi) is 3.95. The third-order valence-electron chi connectivity index (χ3n) is 4.11. The molecule has 0 aliphatic heterocycles. The molecular formula is C16H24N2O. The van der Waals surface area contributed by atoms with Crippen molar-refractivity contribution in [3.63, 3.8) is 0 Å². The summed E-state index contributed by atoms with van der Waals surface area (Å²) in [4.78, 5) is 14.1. The van der Waals surface area contributed by atoms with Gasteiger partial charge >= 0.3 is 0 Å². The lowest BCUT2D eigenvalue weighted by Gasteiger charge is -2.22. The molecule has 3 heteroatoms. The molecule has 0 spiro atoms. The quantitative estimate of drug-likeness (QED) is 0.884. The summed E-state index contributed by atoms with van der Waals surface area (Å²) in [5.74, 6) is 0.739. The SMILES string of the molecule is CC(C)c1ccc(CN(C)C(=O)C2(CN)CC2)cc1. The van der Waals surface area contributed by atoms with Crippen LogP contribution in [0.4, 0.5) is 0 Å². The van der Waals surface area contributed by atoms with Crippen LogP contribution >= 0.6 is 0 Å². The number of nitrogens with two attached hydrogens (primary N) is 1. The molecule has 3 nitrogen and oxygen atoms in total. The van der Waals surface area contributed by atoms with E-state index in [0.717, 1.165) is 12.8 Å². The normalized spacial score (nSPS) is 16.5. The summed E-state index contributed by atoms with van der Waals surface area (Å²) in [7, 11) is 1.87. The third kappa shape index (κ3) is 2.98. The van der Waals surface area contributed by atoms with E-state index in [1.807, 2.05) is 11.9 Å². The number of carbonyl (C=O) groups is 1. The molecule has 1 amide bonds. The van der Waals surface area contributed by atoms with E-state index in [2.05, 4.69) is 38.1 Å². The minimum absolute atomic E-state index is 0.197. The highest BCUT2D eigenvalue weighted by molar-refractivity contribution is 5.85. The largest absolute Gasteiger partial charge is 0.341 e. The van der Waals surface area contributed by atoms with E-state index >= 15 is 0 Å². The van der Waals surface area contributed by atoms with Crippen LogP contribution in [0.2, 0.25) is 0 Å². The fourth-order valence-corrected chi connectivity index (χ4v) is 2.41. The average molecular weight is 260 g/mol. The van der Waals surface area contributed by atoms with E-state index in [1.165, 1.54) is 11.1 Å². The monoisotopic (exact) mass is 260 g/mol. The summed E-state index contributed by atoms with van der Waals surface area (Å²) < 4.78 is 0. The Labute approximate surface area is 115 Å². The Morgan fingerprint density at radius 1 is 1.32 bits per heavy atom. The highest BCUT2D eigenvalue weighted by Crippen LogP contribution is 2.46. The van der Waals surface area contributed by atoms with Gasteiger partial charge in [-0.15, -0.1) is 0 Å². The van der Waals surface area contributed by atoms with Crippen molar-refractivity contribution >= 4 is 5.91 Å². The topological polar surface area (TPSA) is 46.3 Å². The van der Waals surface area contributed by atoms with Crippen LogP contribution in [0.5, 0.6) is 0 Å². The lowest BCUT2D eigenvalue weighted by atomic mass is 10.0. The summed E-state index contributed by atoms with van der Waals surface area (Å²) >= 11 is 0. The van der Waals surface area contributed by atoms with Crippen molar-refractivity contribution in [3.8, 4) is 0 Å². The lowest BCUT2D eigenvalue weighted by molar-refractivity contribution is -0.135. The first-order chi connectivity index (χ1) is 8.98. The molecule has 0 radical (unpaired) electrons. The molecule has 1 aliphatic carbocycles. The van der Waals surface area contributed by atoms with Crippen LogP contribution in [0, 0.1) is 5.41 Å². The molecule has 0 bridgehead atoms. The van der Waals surface area contributed by atoms with Gasteiger partial charge in [0, 0.05) is 20.1 Å². The van der Waals surface area contributed by atoms with Crippen LogP contribution in [0.3, 0.4) is 0 Å². The van der Waals surface area contributed by atoms with Crippen molar-refractivity contribution in [1.82, 2.24) is 4.90 Å². The van der Waals surface area contributed by atoms with Gasteiger partial charge in [-0.2, -0.15) is 0 Å². The van der Waals surface area contributed by atoms with Crippen molar-refractivity contribution in [2.45, 2.75) is 39.2 Å². The van der Waals surface area contributed by atoms with E-state index < -0.39 is 0 Å². The molecule has 1 aliphatic rings. The molecule has 2 N–H and O–H groups in total. The van der Waals surface area contributed by atoms with Crippen LogP contribution in [-0.4, -0.2) is 24.4 Å². The zero-order valence-corrected chi connectivity index (χ0v) is 12.1. The summed E-state index contributed by atoms with van der Waals surface area (Å²) in [6, 6.07) is 8.52. The molecule has 0 saturated heterocycles. The highest BCUT2D eigenvalue weighted by Gasteiger charge is 2.49. The molecule has 0 aromatic heterocycles. The van der Waals surface area contributed by atoms with Crippen molar-refractivity contribution in [3.05, 3.63) is 35.4 Å². The maximum Gasteiger partial charge on any atom is 0.230 e. The Morgan fingerprint density at radius 2 is 1.89 bits per heavy atom. The number of benzene rings is 1. The number of amides is 1. The average Bonchev–Trinajstić information content (AvgIpc) is 3.19. The van der Waals surface area contributed by atoms with Gasteiger partial charge < -0.3 is 10.6 Å². The van der Waals surface area contributed by atoms with E-state index in [4.69, 9.17) is 5.73 Å². The molecule has 104 valence electrons. The Balaban J connectivity index is 1.99. The summed E-state index contributed by atoms with van der Waals surface area (Å²) in [6.45, 7) is 5.51.